The van der Waals surface area contributed by atoms with E-state index in [1.165, 1.54) is 6.33 Å². The molecule has 2 aliphatic rings. The molecule has 0 unspecified atom stereocenters. The fraction of sp³-hybridized carbons (Fsp3) is 0.444. The van der Waals surface area contributed by atoms with Crippen molar-refractivity contribution >= 4 is 17.0 Å². The van der Waals surface area contributed by atoms with Gasteiger partial charge in [-0.05, 0) is 26.0 Å². The van der Waals surface area contributed by atoms with Crippen LogP contribution in [0.5, 0.6) is 5.75 Å². The maximum absolute atomic E-state index is 6.26. The Labute approximate surface area is 160 Å². The lowest BCUT2D eigenvalue weighted by molar-refractivity contribution is -0.198. The van der Waals surface area contributed by atoms with Crippen LogP contribution in [0.1, 0.15) is 20.1 Å². The van der Waals surface area contributed by atoms with E-state index in [1.807, 2.05) is 26.0 Å². The van der Waals surface area contributed by atoms with Crippen LogP contribution in [0.2, 0.25) is 0 Å². The second-order valence-corrected chi connectivity index (χ2v) is 7.21. The molecule has 0 radical (unpaired) electrons. The Bertz CT molecular complexity index is 994. The summed E-state index contributed by atoms with van der Waals surface area (Å²) in [6.07, 6.45) is 4.93. The van der Waals surface area contributed by atoms with Crippen LogP contribution in [-0.4, -0.2) is 55.2 Å². The van der Waals surface area contributed by atoms with Crippen molar-refractivity contribution in [1.82, 2.24) is 24.5 Å². The third-order valence-electron chi connectivity index (χ3n) is 4.84. The molecule has 0 aromatic carbocycles. The first-order chi connectivity index (χ1) is 13.5. The van der Waals surface area contributed by atoms with E-state index in [9.17, 15) is 0 Å². The van der Waals surface area contributed by atoms with Gasteiger partial charge >= 0.3 is 0 Å². The lowest BCUT2D eigenvalue weighted by Crippen LogP contribution is -2.33. The number of ether oxygens (including phenoxy) is 4. The van der Waals surface area contributed by atoms with Gasteiger partial charge in [0, 0.05) is 6.20 Å². The van der Waals surface area contributed by atoms with Crippen LogP contribution in [0.3, 0.4) is 0 Å². The van der Waals surface area contributed by atoms with Gasteiger partial charge in [-0.25, -0.2) is 15.0 Å². The number of nitrogens with two attached hydrogens (primary N) is 1. The summed E-state index contributed by atoms with van der Waals surface area (Å²) in [5.74, 6) is 0.255. The van der Waals surface area contributed by atoms with Crippen molar-refractivity contribution in [3.63, 3.8) is 0 Å². The molecule has 146 valence electrons. The van der Waals surface area contributed by atoms with Crippen LogP contribution in [0, 0.1) is 0 Å². The Hall–Kier alpha value is -2.82. The molecule has 5 rings (SSSR count). The number of hydrogen-bond acceptors (Lipinski definition) is 9. The highest BCUT2D eigenvalue weighted by Crippen LogP contribution is 2.43. The molecule has 10 heteroatoms. The lowest BCUT2D eigenvalue weighted by atomic mass is 10.1. The number of pyridine rings is 1. The fourth-order valence-corrected chi connectivity index (χ4v) is 3.68. The normalized spacial score (nSPS) is 28.5. The zero-order valence-corrected chi connectivity index (χ0v) is 15.4. The summed E-state index contributed by atoms with van der Waals surface area (Å²) in [4.78, 5) is 16.7. The van der Waals surface area contributed by atoms with E-state index in [4.69, 9.17) is 24.7 Å². The molecule has 0 amide bonds. The van der Waals surface area contributed by atoms with Gasteiger partial charge < -0.3 is 24.7 Å². The summed E-state index contributed by atoms with van der Waals surface area (Å²) in [6, 6.07) is 3.66. The van der Waals surface area contributed by atoms with Crippen LogP contribution >= 0.6 is 0 Å². The van der Waals surface area contributed by atoms with Gasteiger partial charge in [-0.2, -0.15) is 0 Å². The number of rotatable bonds is 4. The molecule has 0 aliphatic carbocycles. The van der Waals surface area contributed by atoms with E-state index in [1.54, 1.807) is 23.3 Å². The Balaban J connectivity index is 1.44. The first-order valence-corrected chi connectivity index (χ1v) is 8.99. The minimum absolute atomic E-state index is 0.298. The number of hydrogen-bond donors (Lipinski definition) is 1. The molecule has 2 saturated heterocycles. The van der Waals surface area contributed by atoms with Crippen molar-refractivity contribution in [2.75, 3.05) is 12.3 Å². The smallest absolute Gasteiger partial charge is 0.167 e. The van der Waals surface area contributed by atoms with E-state index in [2.05, 4.69) is 19.9 Å². The predicted octanol–water partition coefficient (Wildman–Crippen LogP) is 1.30. The van der Waals surface area contributed by atoms with Crippen molar-refractivity contribution < 1.29 is 18.9 Å². The van der Waals surface area contributed by atoms with Gasteiger partial charge in [0.1, 0.15) is 42.5 Å². The lowest BCUT2D eigenvalue weighted by Gasteiger charge is -2.24. The standard InChI is InChI=1S/C18H20N6O4/c1-18(2)27-13-11(7-25-10-4-3-5-20-6-10)26-17(14(13)28-18)24-9-23-12-15(19)21-8-22-16(12)24/h3-6,8-9,11,13-14,17H,7H2,1-2H3,(H2,19,21,22)/t11-,13-,14-,17-/m1/s1. The van der Waals surface area contributed by atoms with Gasteiger partial charge in [0.25, 0.3) is 0 Å². The van der Waals surface area contributed by atoms with Gasteiger partial charge in [-0.3, -0.25) is 9.55 Å². The number of anilines is 1. The molecule has 10 nitrogen and oxygen atoms in total. The highest BCUT2D eigenvalue weighted by molar-refractivity contribution is 5.81. The van der Waals surface area contributed by atoms with Crippen molar-refractivity contribution in [1.29, 1.82) is 0 Å². The van der Waals surface area contributed by atoms with E-state index in [-0.39, 0.29) is 18.3 Å². The van der Waals surface area contributed by atoms with E-state index in [0.29, 0.717) is 29.3 Å². The maximum atomic E-state index is 6.26. The summed E-state index contributed by atoms with van der Waals surface area (Å²) < 4.78 is 26.1. The van der Waals surface area contributed by atoms with E-state index < -0.39 is 12.0 Å². The molecule has 2 aliphatic heterocycles. The van der Waals surface area contributed by atoms with Crippen molar-refractivity contribution in [3.8, 4) is 5.75 Å². The van der Waals surface area contributed by atoms with E-state index >= 15 is 0 Å². The van der Waals surface area contributed by atoms with Crippen LogP contribution in [0.25, 0.3) is 11.2 Å². The molecule has 28 heavy (non-hydrogen) atoms. The van der Waals surface area contributed by atoms with Crippen molar-refractivity contribution in [2.45, 2.75) is 44.2 Å². The molecule has 2 fully saturated rings. The number of imidazole rings is 1. The van der Waals surface area contributed by atoms with Crippen molar-refractivity contribution in [3.05, 3.63) is 37.2 Å². The van der Waals surface area contributed by atoms with Crippen LogP contribution < -0.4 is 10.5 Å². The van der Waals surface area contributed by atoms with Crippen molar-refractivity contribution in [2.24, 2.45) is 0 Å². The molecule has 4 atom stereocenters. The van der Waals surface area contributed by atoms with Gasteiger partial charge in [0.15, 0.2) is 23.5 Å². The largest absolute Gasteiger partial charge is 0.489 e. The molecule has 3 aromatic rings. The molecule has 0 spiro atoms. The molecule has 3 aromatic heterocycles. The molecule has 2 N–H and O–H groups in total. The second kappa shape index (κ2) is 6.36. The first-order valence-electron chi connectivity index (χ1n) is 8.99. The summed E-state index contributed by atoms with van der Waals surface area (Å²) in [6.45, 7) is 4.06. The van der Waals surface area contributed by atoms with Crippen LogP contribution in [-0.2, 0) is 14.2 Å². The summed E-state index contributed by atoms with van der Waals surface area (Å²) >= 11 is 0. The zero-order chi connectivity index (χ0) is 19.3. The Morgan fingerprint density at radius 1 is 1.21 bits per heavy atom. The minimum atomic E-state index is -0.728. The summed E-state index contributed by atoms with van der Waals surface area (Å²) in [5.41, 5.74) is 7.01. The Morgan fingerprint density at radius 2 is 2.07 bits per heavy atom. The minimum Gasteiger partial charge on any atom is -0.489 e. The molecule has 0 saturated carbocycles. The molecular formula is C18H20N6O4. The monoisotopic (exact) mass is 384 g/mol. The fourth-order valence-electron chi connectivity index (χ4n) is 3.68. The van der Waals surface area contributed by atoms with Gasteiger partial charge in [0.05, 0.1) is 12.5 Å². The molecule has 0 bridgehead atoms. The second-order valence-electron chi connectivity index (χ2n) is 7.21. The molecular weight excluding hydrogens is 364 g/mol. The highest BCUT2D eigenvalue weighted by Gasteiger charge is 2.56. The number of aromatic nitrogens is 5. The first kappa shape index (κ1) is 17.3. The number of fused-ring (bicyclic) bond motifs is 2. The third kappa shape index (κ3) is 2.86. The molecule has 5 heterocycles. The van der Waals surface area contributed by atoms with Crippen LogP contribution in [0.4, 0.5) is 5.82 Å². The zero-order valence-electron chi connectivity index (χ0n) is 15.4. The quantitative estimate of drug-likeness (QED) is 0.709. The van der Waals surface area contributed by atoms with Gasteiger partial charge in [-0.15, -0.1) is 0 Å². The highest BCUT2D eigenvalue weighted by atomic mass is 16.8. The maximum Gasteiger partial charge on any atom is 0.167 e. The average Bonchev–Trinajstić information content (AvgIpc) is 3.33. The van der Waals surface area contributed by atoms with E-state index in [0.717, 1.165) is 0 Å². The van der Waals surface area contributed by atoms with Crippen LogP contribution in [0.15, 0.2) is 37.2 Å². The number of nitrogens with zero attached hydrogens (tertiary/aromatic N) is 5. The number of nitrogen functional groups attached to an aromatic ring is 1. The summed E-state index contributed by atoms with van der Waals surface area (Å²) in [5, 5.41) is 0. The average molecular weight is 384 g/mol. The predicted molar refractivity (Wildman–Crippen MR) is 97.2 cm³/mol. The Morgan fingerprint density at radius 3 is 2.89 bits per heavy atom. The summed E-state index contributed by atoms with van der Waals surface area (Å²) in [7, 11) is 0. The Kier molecular flexibility index (Phi) is 3.93. The van der Waals surface area contributed by atoms with Gasteiger partial charge in [-0.1, -0.05) is 0 Å². The third-order valence-corrected chi connectivity index (χ3v) is 4.84. The topological polar surface area (TPSA) is 119 Å². The SMILES string of the molecule is CC1(C)O[C@@H]2[C@H](O1)[C@@H](COc1cccnc1)O[C@H]2n1cnc2c(N)ncnc21. The van der Waals surface area contributed by atoms with Gasteiger partial charge in [0.2, 0.25) is 0 Å².